The third-order valence-corrected chi connectivity index (χ3v) is 5.12. The second kappa shape index (κ2) is 8.66. The van der Waals surface area contributed by atoms with Crippen molar-refractivity contribution in [2.75, 3.05) is 28.5 Å². The molecule has 1 aromatic carbocycles. The molecule has 0 aliphatic heterocycles. The van der Waals surface area contributed by atoms with Crippen molar-refractivity contribution in [1.82, 2.24) is 4.98 Å². The molecule has 2 N–H and O–H groups in total. The molecule has 0 saturated heterocycles. The zero-order valence-electron chi connectivity index (χ0n) is 15.2. The molecule has 2 aromatic rings. The van der Waals surface area contributed by atoms with Gasteiger partial charge < -0.3 is 10.2 Å². The van der Waals surface area contributed by atoms with Gasteiger partial charge >= 0.3 is 0 Å². The van der Waals surface area contributed by atoms with Gasteiger partial charge in [0, 0.05) is 26.2 Å². The maximum Gasteiger partial charge on any atom is 0.261 e. The highest BCUT2D eigenvalue weighted by Crippen LogP contribution is 2.19. The topological polar surface area (TPSA) is 91.4 Å². The fourth-order valence-corrected chi connectivity index (χ4v) is 3.36. The van der Waals surface area contributed by atoms with E-state index < -0.39 is 10.0 Å². The number of hydrogen-bond acceptors (Lipinski definition) is 5. The molecule has 1 heterocycles. The van der Waals surface area contributed by atoms with Gasteiger partial charge in [-0.15, -0.1) is 0 Å². The van der Waals surface area contributed by atoms with Crippen molar-refractivity contribution in [3.05, 3.63) is 42.6 Å². The average molecular weight is 376 g/mol. The second-order valence-electron chi connectivity index (χ2n) is 5.99. The molecule has 8 heteroatoms. The molecule has 0 atom stereocenters. The van der Waals surface area contributed by atoms with Crippen LogP contribution in [0.5, 0.6) is 0 Å². The third-order valence-electron chi connectivity index (χ3n) is 3.72. The Morgan fingerprint density at radius 1 is 1.12 bits per heavy atom. The van der Waals surface area contributed by atoms with Crippen molar-refractivity contribution >= 4 is 33.1 Å². The number of amides is 1. The van der Waals surface area contributed by atoms with Gasteiger partial charge in [-0.25, -0.2) is 13.4 Å². The Hall–Kier alpha value is -2.61. The van der Waals surface area contributed by atoms with Crippen LogP contribution in [0.1, 0.15) is 26.7 Å². The maximum absolute atomic E-state index is 12.5. The maximum atomic E-state index is 12.5. The summed E-state index contributed by atoms with van der Waals surface area (Å²) in [6, 6.07) is 9.43. The largest absolute Gasteiger partial charge is 0.360 e. The molecule has 2 rings (SSSR count). The van der Waals surface area contributed by atoms with E-state index in [1.165, 1.54) is 25.3 Å². The summed E-state index contributed by atoms with van der Waals surface area (Å²) in [6.45, 7) is 4.42. The Bertz CT molecular complexity index is 834. The molecule has 0 aliphatic carbocycles. The lowest BCUT2D eigenvalue weighted by atomic mass is 10.3. The van der Waals surface area contributed by atoms with Crippen LogP contribution < -0.4 is 14.9 Å². The van der Waals surface area contributed by atoms with Gasteiger partial charge in [-0.2, -0.15) is 0 Å². The summed E-state index contributed by atoms with van der Waals surface area (Å²) in [5.41, 5.74) is 0.932. The first-order valence-corrected chi connectivity index (χ1v) is 9.88. The summed E-state index contributed by atoms with van der Waals surface area (Å²) in [4.78, 5) is 17.5. The minimum absolute atomic E-state index is 0.107. The van der Waals surface area contributed by atoms with Crippen LogP contribution in [-0.2, 0) is 14.8 Å². The number of pyridine rings is 1. The highest BCUT2D eigenvalue weighted by atomic mass is 32.2. The van der Waals surface area contributed by atoms with Gasteiger partial charge in [-0.3, -0.25) is 9.52 Å². The molecule has 1 aromatic heterocycles. The van der Waals surface area contributed by atoms with Crippen molar-refractivity contribution in [2.24, 2.45) is 0 Å². The first-order chi connectivity index (χ1) is 12.3. The number of nitrogens with one attached hydrogen (secondary N) is 2. The minimum Gasteiger partial charge on any atom is -0.360 e. The molecule has 0 bridgehead atoms. The quantitative estimate of drug-likeness (QED) is 0.739. The number of sulfonamides is 1. The third kappa shape index (κ3) is 5.45. The Morgan fingerprint density at radius 2 is 1.77 bits per heavy atom. The minimum atomic E-state index is -3.72. The zero-order chi connectivity index (χ0) is 19.2. The predicted molar refractivity (Wildman–Crippen MR) is 104 cm³/mol. The molecule has 140 valence electrons. The van der Waals surface area contributed by atoms with Crippen LogP contribution in [0.15, 0.2) is 47.5 Å². The molecule has 0 fully saturated rings. The smallest absolute Gasteiger partial charge is 0.261 e. The van der Waals surface area contributed by atoms with E-state index in [1.54, 1.807) is 24.3 Å². The van der Waals surface area contributed by atoms with Crippen LogP contribution >= 0.6 is 0 Å². The van der Waals surface area contributed by atoms with Crippen molar-refractivity contribution in [2.45, 2.75) is 31.6 Å². The van der Waals surface area contributed by atoms with Crippen molar-refractivity contribution in [1.29, 1.82) is 0 Å². The van der Waals surface area contributed by atoms with E-state index in [9.17, 15) is 13.2 Å². The van der Waals surface area contributed by atoms with Crippen LogP contribution in [0.3, 0.4) is 0 Å². The molecule has 7 nitrogen and oxygen atoms in total. The van der Waals surface area contributed by atoms with E-state index in [0.29, 0.717) is 11.4 Å². The lowest BCUT2D eigenvalue weighted by Crippen LogP contribution is -2.19. The van der Waals surface area contributed by atoms with Crippen molar-refractivity contribution < 1.29 is 13.2 Å². The van der Waals surface area contributed by atoms with E-state index in [-0.39, 0.29) is 10.8 Å². The van der Waals surface area contributed by atoms with Gasteiger partial charge in [0.25, 0.3) is 10.0 Å². The highest BCUT2D eigenvalue weighted by molar-refractivity contribution is 7.92. The molecule has 1 amide bonds. The average Bonchev–Trinajstić information content (AvgIpc) is 2.60. The standard InChI is InChI=1S/C18H24N4O3S/c1-4-5-12-22(3)18-11-8-16(13-19-18)21-26(24,25)17-9-6-15(7-10-17)20-14(2)23/h6-11,13,21H,4-5,12H2,1-3H3,(H,20,23). The summed E-state index contributed by atoms with van der Waals surface area (Å²) in [7, 11) is -1.77. The normalized spacial score (nSPS) is 11.0. The van der Waals surface area contributed by atoms with Gasteiger partial charge in [0.2, 0.25) is 5.91 Å². The number of hydrogen-bond donors (Lipinski definition) is 2. The summed E-state index contributed by atoms with van der Waals surface area (Å²) in [5.74, 6) is 0.579. The number of benzene rings is 1. The molecule has 0 unspecified atom stereocenters. The van der Waals surface area contributed by atoms with Gasteiger partial charge in [-0.05, 0) is 42.8 Å². The van der Waals surface area contributed by atoms with Gasteiger partial charge in [0.1, 0.15) is 5.82 Å². The number of anilines is 3. The molecule has 26 heavy (non-hydrogen) atoms. The molecule has 0 spiro atoms. The van der Waals surface area contributed by atoms with E-state index >= 15 is 0 Å². The SMILES string of the molecule is CCCCN(C)c1ccc(NS(=O)(=O)c2ccc(NC(C)=O)cc2)cn1. The number of nitrogens with zero attached hydrogens (tertiary/aromatic N) is 2. The van der Waals surface area contributed by atoms with Crippen LogP contribution in [0.4, 0.5) is 17.2 Å². The fraction of sp³-hybridized carbons (Fsp3) is 0.333. The summed E-state index contributed by atoms with van der Waals surface area (Å²) in [5, 5.41) is 2.60. The Labute approximate surface area is 154 Å². The van der Waals surface area contributed by atoms with Crippen LogP contribution in [0.2, 0.25) is 0 Å². The number of rotatable bonds is 8. The van der Waals surface area contributed by atoms with Crippen molar-refractivity contribution in [3.8, 4) is 0 Å². The number of unbranched alkanes of at least 4 members (excludes halogenated alkanes) is 1. The first kappa shape index (κ1) is 19.7. The molecular formula is C18H24N4O3S. The summed E-state index contributed by atoms with van der Waals surface area (Å²) < 4.78 is 27.4. The predicted octanol–water partition coefficient (Wildman–Crippen LogP) is 3.08. The number of carbonyl (C=O) groups excluding carboxylic acids is 1. The van der Waals surface area contributed by atoms with Crippen molar-refractivity contribution in [3.63, 3.8) is 0 Å². The zero-order valence-corrected chi connectivity index (χ0v) is 16.0. The number of aromatic nitrogens is 1. The van der Waals surface area contributed by atoms with Gasteiger partial charge in [0.15, 0.2) is 0 Å². The molecule has 0 saturated carbocycles. The van der Waals surface area contributed by atoms with E-state index in [0.717, 1.165) is 25.2 Å². The highest BCUT2D eigenvalue weighted by Gasteiger charge is 2.14. The molecule has 0 radical (unpaired) electrons. The van der Waals surface area contributed by atoms with Gasteiger partial charge in [0.05, 0.1) is 16.8 Å². The van der Waals surface area contributed by atoms with E-state index in [2.05, 4.69) is 21.9 Å². The number of carbonyl (C=O) groups is 1. The Balaban J connectivity index is 2.07. The summed E-state index contributed by atoms with van der Waals surface area (Å²) in [6.07, 6.45) is 3.67. The van der Waals surface area contributed by atoms with E-state index in [4.69, 9.17) is 0 Å². The fourth-order valence-electron chi connectivity index (χ4n) is 2.32. The Morgan fingerprint density at radius 3 is 2.31 bits per heavy atom. The molecule has 0 aliphatic rings. The Kier molecular flexibility index (Phi) is 6.57. The van der Waals surface area contributed by atoms with E-state index in [1.807, 2.05) is 11.9 Å². The summed E-state index contributed by atoms with van der Waals surface area (Å²) >= 11 is 0. The first-order valence-electron chi connectivity index (χ1n) is 8.39. The van der Waals surface area contributed by atoms with Crippen LogP contribution in [-0.4, -0.2) is 32.9 Å². The second-order valence-corrected chi connectivity index (χ2v) is 7.67. The molecular weight excluding hydrogens is 352 g/mol. The van der Waals surface area contributed by atoms with Crippen LogP contribution in [0, 0.1) is 0 Å². The monoisotopic (exact) mass is 376 g/mol. The van der Waals surface area contributed by atoms with Crippen LogP contribution in [0.25, 0.3) is 0 Å². The lowest BCUT2D eigenvalue weighted by molar-refractivity contribution is -0.114. The van der Waals surface area contributed by atoms with Gasteiger partial charge in [-0.1, -0.05) is 13.3 Å². The lowest BCUT2D eigenvalue weighted by Gasteiger charge is -2.18.